The number of hydrogen-bond donors (Lipinski definition) is 1. The molecular weight excluding hydrogens is 300 g/mol. The lowest BCUT2D eigenvalue weighted by molar-refractivity contribution is -0.133. The zero-order valence-electron chi connectivity index (χ0n) is 12.8. The highest BCUT2D eigenvalue weighted by atomic mass is 32.2. The van der Waals surface area contributed by atoms with Gasteiger partial charge in [-0.3, -0.25) is 4.79 Å². The number of piperidine rings is 1. The van der Waals surface area contributed by atoms with Crippen LogP contribution in [0.2, 0.25) is 0 Å². The van der Waals surface area contributed by atoms with Crippen molar-refractivity contribution >= 4 is 34.9 Å². The summed E-state index contributed by atoms with van der Waals surface area (Å²) in [6.45, 7) is 1.63. The molecule has 3 atom stereocenters. The number of carbonyl (C=O) groups excluding carboxylic acids is 1. The fourth-order valence-electron chi connectivity index (χ4n) is 4.65. The third-order valence-corrected chi connectivity index (χ3v) is 8.01. The quantitative estimate of drug-likeness (QED) is 0.807. The summed E-state index contributed by atoms with van der Waals surface area (Å²) in [5.41, 5.74) is 5.91. The van der Waals surface area contributed by atoms with Gasteiger partial charge in [0.2, 0.25) is 5.91 Å². The van der Waals surface area contributed by atoms with E-state index in [4.69, 9.17) is 18.0 Å². The van der Waals surface area contributed by atoms with Crippen molar-refractivity contribution in [2.24, 2.45) is 23.5 Å². The van der Waals surface area contributed by atoms with E-state index in [0.29, 0.717) is 16.8 Å². The summed E-state index contributed by atoms with van der Waals surface area (Å²) in [4.78, 5) is 15.2. The Morgan fingerprint density at radius 2 is 2.05 bits per heavy atom. The molecule has 21 heavy (non-hydrogen) atoms. The molecule has 2 N–H and O–H groups in total. The SMILES string of the molecule is CSC1(C(N)=S)CCN(C(=O)CC2CC3CCC2C3)CC1. The van der Waals surface area contributed by atoms with E-state index in [9.17, 15) is 4.79 Å². The highest BCUT2D eigenvalue weighted by Gasteiger charge is 2.42. The minimum Gasteiger partial charge on any atom is -0.392 e. The number of rotatable bonds is 4. The van der Waals surface area contributed by atoms with Gasteiger partial charge in [0.25, 0.3) is 0 Å². The molecule has 0 radical (unpaired) electrons. The monoisotopic (exact) mass is 326 g/mol. The van der Waals surface area contributed by atoms with Gasteiger partial charge >= 0.3 is 0 Å². The molecule has 3 nitrogen and oxygen atoms in total. The average Bonchev–Trinajstić information content (AvgIpc) is 3.09. The van der Waals surface area contributed by atoms with Crippen LogP contribution in [-0.4, -0.2) is 39.9 Å². The molecule has 1 amide bonds. The average molecular weight is 327 g/mol. The number of hydrogen-bond acceptors (Lipinski definition) is 3. The number of likely N-dealkylation sites (tertiary alicyclic amines) is 1. The van der Waals surface area contributed by atoms with Crippen LogP contribution in [0.25, 0.3) is 0 Å². The maximum Gasteiger partial charge on any atom is 0.222 e. The van der Waals surface area contributed by atoms with E-state index < -0.39 is 0 Å². The number of nitrogens with zero attached hydrogens (tertiary/aromatic N) is 1. The number of thiocarbonyl (C=S) groups is 1. The van der Waals surface area contributed by atoms with E-state index in [2.05, 4.69) is 11.2 Å². The Balaban J connectivity index is 1.52. The zero-order valence-corrected chi connectivity index (χ0v) is 14.5. The maximum atomic E-state index is 12.6. The van der Waals surface area contributed by atoms with Crippen LogP contribution in [0.1, 0.15) is 44.9 Å². The molecule has 0 aromatic carbocycles. The molecule has 0 spiro atoms. The van der Waals surface area contributed by atoms with Crippen molar-refractivity contribution in [3.8, 4) is 0 Å². The van der Waals surface area contributed by atoms with E-state index in [0.717, 1.165) is 44.2 Å². The predicted octanol–water partition coefficient (Wildman–Crippen LogP) is 2.82. The molecular formula is C16H26N2OS2. The highest BCUT2D eigenvalue weighted by molar-refractivity contribution is 8.02. The first-order valence-corrected chi connectivity index (χ1v) is 9.80. The highest BCUT2D eigenvalue weighted by Crippen LogP contribution is 2.49. The molecule has 118 valence electrons. The lowest BCUT2D eigenvalue weighted by atomic mass is 9.85. The fraction of sp³-hybridized carbons (Fsp3) is 0.875. The van der Waals surface area contributed by atoms with Crippen LogP contribution in [0.3, 0.4) is 0 Å². The summed E-state index contributed by atoms with van der Waals surface area (Å²) >= 11 is 6.99. The molecule has 3 rings (SSSR count). The Morgan fingerprint density at radius 1 is 1.33 bits per heavy atom. The lowest BCUT2D eigenvalue weighted by Crippen LogP contribution is -2.50. The van der Waals surface area contributed by atoms with Gasteiger partial charge < -0.3 is 10.6 Å². The Morgan fingerprint density at radius 3 is 2.52 bits per heavy atom. The van der Waals surface area contributed by atoms with Crippen molar-refractivity contribution < 1.29 is 4.79 Å². The molecule has 1 heterocycles. The maximum absolute atomic E-state index is 12.6. The number of nitrogens with two attached hydrogens (primary N) is 1. The minimum absolute atomic E-state index is 0.0848. The fourth-order valence-corrected chi connectivity index (χ4v) is 5.89. The van der Waals surface area contributed by atoms with Gasteiger partial charge in [-0.2, -0.15) is 11.8 Å². The third kappa shape index (κ3) is 2.96. The summed E-state index contributed by atoms with van der Waals surface area (Å²) < 4.78 is -0.0848. The molecule has 0 aromatic heterocycles. The van der Waals surface area contributed by atoms with Gasteiger partial charge in [-0.25, -0.2) is 0 Å². The second-order valence-electron chi connectivity index (χ2n) is 7.08. The number of fused-ring (bicyclic) bond motifs is 2. The van der Waals surface area contributed by atoms with Crippen LogP contribution >= 0.6 is 24.0 Å². The molecule has 3 aliphatic rings. The van der Waals surface area contributed by atoms with Crippen LogP contribution in [-0.2, 0) is 4.79 Å². The molecule has 2 aliphatic carbocycles. The molecule has 2 bridgehead atoms. The van der Waals surface area contributed by atoms with Gasteiger partial charge in [-0.05, 0) is 56.1 Å². The summed E-state index contributed by atoms with van der Waals surface area (Å²) in [6, 6.07) is 0. The molecule has 1 saturated heterocycles. The van der Waals surface area contributed by atoms with Crippen LogP contribution in [0.5, 0.6) is 0 Å². The first-order valence-electron chi connectivity index (χ1n) is 8.17. The third-order valence-electron chi connectivity index (χ3n) is 6.08. The van der Waals surface area contributed by atoms with Crippen LogP contribution < -0.4 is 5.73 Å². The molecule has 3 unspecified atom stereocenters. The van der Waals surface area contributed by atoms with Gasteiger partial charge in [0.05, 0.1) is 9.74 Å². The van der Waals surface area contributed by atoms with E-state index in [1.807, 2.05) is 0 Å². The molecule has 5 heteroatoms. The smallest absolute Gasteiger partial charge is 0.222 e. The standard InChI is InChI=1S/C16H26N2OS2/c1-21-16(15(17)20)4-6-18(7-5-16)14(19)10-13-9-11-2-3-12(13)8-11/h11-13H,2-10H2,1H3,(H2,17,20). The topological polar surface area (TPSA) is 46.3 Å². The van der Waals surface area contributed by atoms with Crippen molar-refractivity contribution in [3.05, 3.63) is 0 Å². The van der Waals surface area contributed by atoms with Crippen molar-refractivity contribution in [3.63, 3.8) is 0 Å². The Hall–Kier alpha value is -0.290. The lowest BCUT2D eigenvalue weighted by Gasteiger charge is -2.40. The second kappa shape index (κ2) is 6.07. The van der Waals surface area contributed by atoms with Crippen LogP contribution in [0, 0.1) is 17.8 Å². The molecule has 3 fully saturated rings. The van der Waals surface area contributed by atoms with Crippen molar-refractivity contribution in [2.75, 3.05) is 19.3 Å². The summed E-state index contributed by atoms with van der Waals surface area (Å²) in [5, 5.41) is 0. The first-order chi connectivity index (χ1) is 10.0. The number of amides is 1. The Kier molecular flexibility index (Phi) is 4.51. The summed E-state index contributed by atoms with van der Waals surface area (Å²) in [6.07, 6.45) is 10.1. The van der Waals surface area contributed by atoms with E-state index in [-0.39, 0.29) is 4.75 Å². The largest absolute Gasteiger partial charge is 0.392 e. The van der Waals surface area contributed by atoms with Gasteiger partial charge in [0, 0.05) is 19.5 Å². The van der Waals surface area contributed by atoms with Gasteiger partial charge in [-0.15, -0.1) is 0 Å². The minimum atomic E-state index is -0.0848. The van der Waals surface area contributed by atoms with E-state index in [1.165, 1.54) is 25.7 Å². The zero-order chi connectivity index (χ0) is 15.0. The normalized spacial score (nSPS) is 34.1. The first kappa shape index (κ1) is 15.6. The number of thioether (sulfide) groups is 1. The van der Waals surface area contributed by atoms with Crippen LogP contribution in [0.4, 0.5) is 0 Å². The van der Waals surface area contributed by atoms with E-state index in [1.54, 1.807) is 11.8 Å². The molecule has 2 saturated carbocycles. The van der Waals surface area contributed by atoms with E-state index >= 15 is 0 Å². The predicted molar refractivity (Wildman–Crippen MR) is 92.4 cm³/mol. The Labute approximate surface area is 137 Å². The molecule has 1 aliphatic heterocycles. The van der Waals surface area contributed by atoms with Crippen molar-refractivity contribution in [2.45, 2.75) is 49.7 Å². The van der Waals surface area contributed by atoms with Gasteiger partial charge in [0.1, 0.15) is 0 Å². The molecule has 0 aromatic rings. The van der Waals surface area contributed by atoms with Crippen LogP contribution in [0.15, 0.2) is 0 Å². The van der Waals surface area contributed by atoms with Gasteiger partial charge in [-0.1, -0.05) is 18.6 Å². The Bertz CT molecular complexity index is 432. The van der Waals surface area contributed by atoms with Crippen molar-refractivity contribution in [1.82, 2.24) is 4.90 Å². The summed E-state index contributed by atoms with van der Waals surface area (Å²) in [5.74, 6) is 2.79. The summed E-state index contributed by atoms with van der Waals surface area (Å²) in [7, 11) is 0. The van der Waals surface area contributed by atoms with Gasteiger partial charge in [0.15, 0.2) is 0 Å². The van der Waals surface area contributed by atoms with Crippen molar-refractivity contribution in [1.29, 1.82) is 0 Å². The second-order valence-corrected chi connectivity index (χ2v) is 8.71. The number of carbonyl (C=O) groups is 1.